The summed E-state index contributed by atoms with van der Waals surface area (Å²) < 4.78 is 5.34. The Labute approximate surface area is 111 Å². The fourth-order valence-electron chi connectivity index (χ4n) is 1.34. The molecule has 0 aliphatic carbocycles. The molecule has 2 heteroatoms. The first-order chi connectivity index (χ1) is 8.29. The Morgan fingerprint density at radius 3 is 1.88 bits per heavy atom. The van der Waals surface area contributed by atoms with Crippen LogP contribution in [0.3, 0.4) is 0 Å². The minimum Gasteiger partial charge on any atom is -0.376 e. The molecule has 0 amide bonds. The Kier molecular flexibility index (Phi) is 23.1. The molecule has 0 bridgehead atoms. The van der Waals surface area contributed by atoms with E-state index in [9.17, 15) is 0 Å². The van der Waals surface area contributed by atoms with Crippen molar-refractivity contribution in [3.05, 3.63) is 36.5 Å². The highest BCUT2D eigenvalue weighted by atomic mass is 31.0. The van der Waals surface area contributed by atoms with Crippen molar-refractivity contribution in [2.24, 2.45) is 5.92 Å². The van der Waals surface area contributed by atoms with Crippen molar-refractivity contribution in [2.45, 2.75) is 34.6 Å². The van der Waals surface area contributed by atoms with Crippen LogP contribution in [0.15, 0.2) is 36.5 Å². The predicted molar refractivity (Wildman–Crippen MR) is 85.7 cm³/mol. The molecule has 0 radical (unpaired) electrons. The van der Waals surface area contributed by atoms with Gasteiger partial charge in [0.15, 0.2) is 0 Å². The van der Waals surface area contributed by atoms with Crippen LogP contribution in [0.25, 0.3) is 0 Å². The van der Waals surface area contributed by atoms with Crippen LogP contribution in [0.5, 0.6) is 0 Å². The number of ether oxygens (including phenoxy) is 1. The Morgan fingerprint density at radius 1 is 1.12 bits per heavy atom. The topological polar surface area (TPSA) is 9.23 Å². The molecule has 2 atom stereocenters. The smallest absolute Gasteiger partial charge is 0.0719 e. The summed E-state index contributed by atoms with van der Waals surface area (Å²) in [5.41, 5.74) is 2.46. The molecule has 0 saturated carbocycles. The van der Waals surface area contributed by atoms with Crippen molar-refractivity contribution in [1.82, 2.24) is 0 Å². The van der Waals surface area contributed by atoms with Gasteiger partial charge in [0.05, 0.1) is 13.2 Å². The van der Waals surface area contributed by atoms with Crippen molar-refractivity contribution in [3.8, 4) is 0 Å². The molecular weight excluding hydrogens is 227 g/mol. The molecule has 2 unspecified atom stereocenters. The van der Waals surface area contributed by atoms with Gasteiger partial charge in [-0.2, -0.15) is 0 Å². The van der Waals surface area contributed by atoms with Crippen LogP contribution >= 0.6 is 9.24 Å². The van der Waals surface area contributed by atoms with Gasteiger partial charge in [-0.3, -0.25) is 0 Å². The zero-order valence-electron chi connectivity index (χ0n) is 12.5. The molecule has 0 N–H and O–H groups in total. The van der Waals surface area contributed by atoms with E-state index in [0.29, 0.717) is 12.5 Å². The monoisotopic (exact) mass is 258 g/mol. The Morgan fingerprint density at radius 2 is 1.59 bits per heavy atom. The Balaban J connectivity index is -0.000000285. The second-order valence-corrected chi connectivity index (χ2v) is 2.81. The van der Waals surface area contributed by atoms with E-state index in [-0.39, 0.29) is 0 Å². The molecule has 1 heterocycles. The zero-order chi connectivity index (χ0) is 14.3. The van der Waals surface area contributed by atoms with Gasteiger partial charge in [0.1, 0.15) is 0 Å². The molecule has 0 spiro atoms. The lowest BCUT2D eigenvalue weighted by atomic mass is 9.94. The minimum atomic E-state index is 0.467. The predicted octanol–water partition coefficient (Wildman–Crippen LogP) is 4.87. The largest absolute Gasteiger partial charge is 0.376 e. The van der Waals surface area contributed by atoms with Crippen LogP contribution in [-0.2, 0) is 4.74 Å². The highest BCUT2D eigenvalue weighted by molar-refractivity contribution is 7.15. The van der Waals surface area contributed by atoms with E-state index in [4.69, 9.17) is 4.74 Å². The molecule has 17 heavy (non-hydrogen) atoms. The third-order valence-corrected chi connectivity index (χ3v) is 1.99. The lowest BCUT2D eigenvalue weighted by molar-refractivity contribution is 0.122. The molecular formula is C15H31OP. The number of rotatable bonds is 2. The van der Waals surface area contributed by atoms with Crippen molar-refractivity contribution in [3.63, 3.8) is 0 Å². The van der Waals surface area contributed by atoms with Gasteiger partial charge in [0, 0.05) is 5.92 Å². The first-order valence-corrected chi connectivity index (χ1v) is 7.58. The quantitative estimate of drug-likeness (QED) is 0.642. The highest BCUT2D eigenvalue weighted by Crippen LogP contribution is 2.22. The number of allylic oxidation sites excluding steroid dienone is 1. The molecule has 0 saturated heterocycles. The van der Waals surface area contributed by atoms with Gasteiger partial charge in [-0.1, -0.05) is 66.6 Å². The van der Waals surface area contributed by atoms with Gasteiger partial charge in [-0.05, 0) is 11.1 Å². The van der Waals surface area contributed by atoms with Crippen LogP contribution in [0.4, 0.5) is 0 Å². The average molecular weight is 258 g/mol. The van der Waals surface area contributed by atoms with Crippen LogP contribution in [0.1, 0.15) is 34.6 Å². The van der Waals surface area contributed by atoms with Gasteiger partial charge in [-0.25, -0.2) is 0 Å². The van der Waals surface area contributed by atoms with Crippen LogP contribution in [0.2, 0.25) is 0 Å². The maximum atomic E-state index is 5.34. The molecule has 0 aromatic heterocycles. The summed E-state index contributed by atoms with van der Waals surface area (Å²) >= 11 is 0. The number of hydrogen-bond donors (Lipinski definition) is 0. The molecule has 0 aromatic carbocycles. The van der Waals surface area contributed by atoms with E-state index < -0.39 is 0 Å². The normalized spacial score (nSPS) is 17.2. The lowest BCUT2D eigenvalue weighted by Gasteiger charge is -2.22. The maximum Gasteiger partial charge on any atom is 0.0719 e. The van der Waals surface area contributed by atoms with Crippen molar-refractivity contribution < 1.29 is 4.74 Å². The average Bonchev–Trinajstić information content (AvgIpc) is 2.45. The van der Waals surface area contributed by atoms with E-state index in [2.05, 4.69) is 29.3 Å². The van der Waals surface area contributed by atoms with Crippen molar-refractivity contribution in [2.75, 3.05) is 19.9 Å². The summed E-state index contributed by atoms with van der Waals surface area (Å²) in [6.07, 6.45) is 3.76. The minimum absolute atomic E-state index is 0.467. The fourth-order valence-corrected chi connectivity index (χ4v) is 1.34. The molecule has 102 valence electrons. The summed E-state index contributed by atoms with van der Waals surface area (Å²) in [6, 6.07) is 0. The Hall–Kier alpha value is -0.390. The first kappa shape index (κ1) is 21.9. The summed E-state index contributed by atoms with van der Waals surface area (Å²) in [7, 11) is 2.42. The number of hydrogen-bond acceptors (Lipinski definition) is 1. The Bertz CT molecular complexity index is 207. The van der Waals surface area contributed by atoms with E-state index in [1.54, 1.807) is 0 Å². The van der Waals surface area contributed by atoms with Gasteiger partial charge in [0.25, 0.3) is 0 Å². The molecule has 1 nitrogen and oxygen atoms in total. The van der Waals surface area contributed by atoms with E-state index in [1.165, 1.54) is 11.1 Å². The summed E-state index contributed by atoms with van der Waals surface area (Å²) in [4.78, 5) is 0. The van der Waals surface area contributed by atoms with E-state index in [0.717, 1.165) is 6.61 Å². The van der Waals surface area contributed by atoms with Crippen LogP contribution < -0.4 is 0 Å². The van der Waals surface area contributed by atoms with Gasteiger partial charge >= 0.3 is 0 Å². The summed E-state index contributed by atoms with van der Waals surface area (Å²) in [5, 5.41) is 0. The van der Waals surface area contributed by atoms with E-state index in [1.807, 2.05) is 46.5 Å². The molecule has 1 rings (SSSR count). The van der Waals surface area contributed by atoms with Gasteiger partial charge in [-0.15, -0.1) is 9.24 Å². The fraction of sp³-hybridized carbons (Fsp3) is 0.600. The van der Waals surface area contributed by atoms with Gasteiger partial charge in [0.2, 0.25) is 0 Å². The zero-order valence-corrected chi connectivity index (χ0v) is 13.7. The first-order valence-electron chi connectivity index (χ1n) is 6.43. The third kappa shape index (κ3) is 9.32. The lowest BCUT2D eigenvalue weighted by Crippen LogP contribution is -2.17. The van der Waals surface area contributed by atoms with Crippen molar-refractivity contribution >= 4 is 9.24 Å². The summed E-state index contributed by atoms with van der Waals surface area (Å²) in [5.74, 6) is 0.467. The molecule has 1 aliphatic rings. The second kappa shape index (κ2) is 18.0. The summed E-state index contributed by atoms with van der Waals surface area (Å²) in [6.45, 7) is 21.1. The maximum absolute atomic E-state index is 5.34. The SMILES string of the molecule is C=CC1=C(C=C)C(C)COC1.CC.CC.CP. The van der Waals surface area contributed by atoms with Crippen molar-refractivity contribution in [1.29, 1.82) is 0 Å². The molecule has 0 fully saturated rings. The second-order valence-electron chi connectivity index (χ2n) is 2.81. The van der Waals surface area contributed by atoms with Crippen LogP contribution in [-0.4, -0.2) is 19.9 Å². The van der Waals surface area contributed by atoms with Gasteiger partial charge < -0.3 is 4.74 Å². The van der Waals surface area contributed by atoms with E-state index >= 15 is 0 Å². The third-order valence-electron chi connectivity index (χ3n) is 1.99. The standard InChI is InChI=1S/C10H14O.2C2H6.CH5P/c1-4-9-7-11-6-8(3)10(9)5-2;3*1-2/h4-5,8H,1-2,6-7H2,3H3;2*1-2H3;2H2,1H3. The molecule has 1 aliphatic heterocycles. The molecule has 0 aromatic rings. The highest BCUT2D eigenvalue weighted by Gasteiger charge is 2.15. The van der Waals surface area contributed by atoms with Crippen LogP contribution in [0, 0.1) is 5.92 Å².